The number of carbonyl (C=O) groups excluding carboxylic acids is 2. The van der Waals surface area contributed by atoms with E-state index in [-0.39, 0.29) is 22.8 Å². The van der Waals surface area contributed by atoms with Gasteiger partial charge in [-0.25, -0.2) is 18.2 Å². The number of ether oxygens (including phenoxy) is 2. The highest BCUT2D eigenvalue weighted by Gasteiger charge is 2.29. The number of pyridine rings is 1. The van der Waals surface area contributed by atoms with Gasteiger partial charge in [-0.15, -0.1) is 0 Å². The highest BCUT2D eigenvalue weighted by Crippen LogP contribution is 2.28. The molecule has 4 aromatic rings. The number of anilines is 1. The standard InChI is InChI=1S/C32H37N5O6S/c1-21-7-11-26(17-22(21)2)44(40,41)34-24-9-12-29(33-20-24)42-25-10-8-23-18-28(35(6)27(23)19-25)30(38)36-13-15-37(16-14-36)31(39)43-32(3,4)5/h7-12,17-20,34H,13-16H2,1-6H3. The maximum absolute atomic E-state index is 13.4. The topological polar surface area (TPSA) is 123 Å². The van der Waals surface area contributed by atoms with Gasteiger partial charge in [0.15, 0.2) is 0 Å². The SMILES string of the molecule is Cc1ccc(S(=O)(=O)Nc2ccc(Oc3ccc4cc(C(=O)N5CCN(C(=O)OC(C)(C)C)CC5)n(C)c4c3)nc2)cc1C. The van der Waals surface area contributed by atoms with Gasteiger partial charge in [0, 0.05) is 50.7 Å². The first-order chi connectivity index (χ1) is 20.7. The summed E-state index contributed by atoms with van der Waals surface area (Å²) in [5, 5.41) is 0.875. The largest absolute Gasteiger partial charge is 0.444 e. The number of aryl methyl sites for hydroxylation is 3. The summed E-state index contributed by atoms with van der Waals surface area (Å²) in [5.41, 5.74) is 2.97. The van der Waals surface area contributed by atoms with Gasteiger partial charge in [-0.05, 0) is 82.1 Å². The minimum absolute atomic E-state index is 0.115. The lowest BCUT2D eigenvalue weighted by Crippen LogP contribution is -2.51. The van der Waals surface area contributed by atoms with E-state index in [9.17, 15) is 18.0 Å². The Morgan fingerprint density at radius 2 is 1.59 bits per heavy atom. The third kappa shape index (κ3) is 6.80. The normalized spacial score (nSPS) is 14.0. The van der Waals surface area contributed by atoms with Crippen LogP contribution >= 0.6 is 0 Å². The monoisotopic (exact) mass is 619 g/mol. The number of rotatable bonds is 6. The summed E-state index contributed by atoms with van der Waals surface area (Å²) in [6, 6.07) is 15.5. The van der Waals surface area contributed by atoms with Crippen molar-refractivity contribution in [1.29, 1.82) is 0 Å². The van der Waals surface area contributed by atoms with Crippen LogP contribution in [-0.2, 0) is 21.8 Å². The van der Waals surface area contributed by atoms with Crippen LogP contribution in [0.2, 0.25) is 0 Å². The number of nitrogens with zero attached hydrogens (tertiary/aromatic N) is 4. The zero-order valence-electron chi connectivity index (χ0n) is 25.7. The molecule has 232 valence electrons. The number of carbonyl (C=O) groups is 2. The minimum atomic E-state index is -3.77. The van der Waals surface area contributed by atoms with Crippen molar-refractivity contribution in [1.82, 2.24) is 19.4 Å². The summed E-state index contributed by atoms with van der Waals surface area (Å²) in [5.74, 6) is 0.682. The molecule has 1 aliphatic heterocycles. The van der Waals surface area contributed by atoms with Gasteiger partial charge < -0.3 is 23.8 Å². The van der Waals surface area contributed by atoms with Crippen molar-refractivity contribution >= 4 is 38.6 Å². The molecule has 1 aliphatic rings. The second kappa shape index (κ2) is 11.8. The summed E-state index contributed by atoms with van der Waals surface area (Å²) in [6.45, 7) is 10.9. The number of piperazine rings is 1. The number of amides is 2. The van der Waals surface area contributed by atoms with Crippen LogP contribution in [-0.4, -0.2) is 71.5 Å². The Labute approximate surface area is 257 Å². The Morgan fingerprint density at radius 1 is 0.886 bits per heavy atom. The van der Waals surface area contributed by atoms with Crippen LogP contribution in [0.1, 0.15) is 42.4 Å². The fourth-order valence-electron chi connectivity index (χ4n) is 4.88. The first kappa shape index (κ1) is 30.9. The molecule has 0 bridgehead atoms. The number of benzene rings is 2. The van der Waals surface area contributed by atoms with Crippen LogP contribution in [0.3, 0.4) is 0 Å². The fourth-order valence-corrected chi connectivity index (χ4v) is 6.00. The quantitative estimate of drug-likeness (QED) is 0.303. The Bertz CT molecular complexity index is 1820. The number of hydrogen-bond acceptors (Lipinski definition) is 7. The molecule has 0 aliphatic carbocycles. The average Bonchev–Trinajstić information content (AvgIpc) is 3.29. The first-order valence-corrected chi connectivity index (χ1v) is 15.8. The maximum Gasteiger partial charge on any atom is 0.410 e. The molecular formula is C32H37N5O6S. The number of nitrogens with one attached hydrogen (secondary N) is 1. The molecule has 1 N–H and O–H groups in total. The number of fused-ring (bicyclic) bond motifs is 1. The molecule has 11 nitrogen and oxygen atoms in total. The maximum atomic E-state index is 13.4. The van der Waals surface area contributed by atoms with Gasteiger partial charge in [-0.2, -0.15) is 0 Å². The van der Waals surface area contributed by atoms with Gasteiger partial charge in [0.2, 0.25) is 5.88 Å². The first-order valence-electron chi connectivity index (χ1n) is 14.3. The average molecular weight is 620 g/mol. The minimum Gasteiger partial charge on any atom is -0.444 e. The molecule has 1 saturated heterocycles. The van der Waals surface area contributed by atoms with Gasteiger partial charge in [-0.1, -0.05) is 6.07 Å². The van der Waals surface area contributed by atoms with Crippen molar-refractivity contribution in [3.63, 3.8) is 0 Å². The van der Waals surface area contributed by atoms with Crippen molar-refractivity contribution in [2.24, 2.45) is 7.05 Å². The molecule has 0 saturated carbocycles. The summed E-state index contributed by atoms with van der Waals surface area (Å²) >= 11 is 0. The Kier molecular flexibility index (Phi) is 8.30. The van der Waals surface area contributed by atoms with Gasteiger partial charge in [0.05, 0.1) is 22.3 Å². The highest BCUT2D eigenvalue weighted by molar-refractivity contribution is 7.92. The van der Waals surface area contributed by atoms with Gasteiger partial charge >= 0.3 is 6.09 Å². The summed E-state index contributed by atoms with van der Waals surface area (Å²) in [4.78, 5) is 33.6. The van der Waals surface area contributed by atoms with E-state index >= 15 is 0 Å². The van der Waals surface area contributed by atoms with Crippen LogP contribution in [0, 0.1) is 13.8 Å². The van der Waals surface area contributed by atoms with E-state index in [2.05, 4.69) is 9.71 Å². The van der Waals surface area contributed by atoms with Crippen LogP contribution in [0.4, 0.5) is 10.5 Å². The Balaban J connectivity index is 1.24. The molecule has 0 spiro atoms. The van der Waals surface area contributed by atoms with Crippen molar-refractivity contribution in [3.8, 4) is 11.6 Å². The number of sulfonamides is 1. The van der Waals surface area contributed by atoms with E-state index in [1.807, 2.05) is 64.4 Å². The predicted molar refractivity (Wildman–Crippen MR) is 168 cm³/mol. The second-order valence-electron chi connectivity index (χ2n) is 11.9. The third-order valence-electron chi connectivity index (χ3n) is 7.45. The molecule has 12 heteroatoms. The molecule has 3 heterocycles. The Morgan fingerprint density at radius 3 is 2.23 bits per heavy atom. The second-order valence-corrected chi connectivity index (χ2v) is 13.6. The van der Waals surface area contributed by atoms with Crippen LogP contribution in [0.25, 0.3) is 10.9 Å². The van der Waals surface area contributed by atoms with Crippen LogP contribution in [0.15, 0.2) is 65.7 Å². The van der Waals surface area contributed by atoms with E-state index in [1.165, 1.54) is 6.20 Å². The smallest absolute Gasteiger partial charge is 0.410 e. The van der Waals surface area contributed by atoms with E-state index in [1.54, 1.807) is 46.2 Å². The predicted octanol–water partition coefficient (Wildman–Crippen LogP) is 5.48. The van der Waals surface area contributed by atoms with E-state index < -0.39 is 15.6 Å². The molecule has 0 atom stereocenters. The van der Waals surface area contributed by atoms with Crippen molar-refractivity contribution in [2.75, 3.05) is 30.9 Å². The molecule has 2 aromatic heterocycles. The molecule has 2 amide bonds. The molecule has 0 unspecified atom stereocenters. The van der Waals surface area contributed by atoms with Crippen LogP contribution in [0.5, 0.6) is 11.6 Å². The number of hydrogen-bond donors (Lipinski definition) is 1. The van der Waals surface area contributed by atoms with Crippen molar-refractivity contribution in [3.05, 3.63) is 77.6 Å². The van der Waals surface area contributed by atoms with Crippen molar-refractivity contribution in [2.45, 2.75) is 45.1 Å². The zero-order chi connectivity index (χ0) is 31.8. The van der Waals surface area contributed by atoms with E-state index in [0.717, 1.165) is 22.0 Å². The zero-order valence-corrected chi connectivity index (χ0v) is 26.6. The molecule has 44 heavy (non-hydrogen) atoms. The lowest BCUT2D eigenvalue weighted by Gasteiger charge is -2.35. The van der Waals surface area contributed by atoms with Gasteiger partial charge in [0.1, 0.15) is 17.0 Å². The summed E-state index contributed by atoms with van der Waals surface area (Å²) < 4.78 is 41.4. The highest BCUT2D eigenvalue weighted by atomic mass is 32.2. The third-order valence-corrected chi connectivity index (χ3v) is 8.83. The van der Waals surface area contributed by atoms with E-state index in [0.29, 0.717) is 43.3 Å². The Hall–Kier alpha value is -4.58. The molecular weight excluding hydrogens is 582 g/mol. The lowest BCUT2D eigenvalue weighted by molar-refractivity contribution is 0.0139. The van der Waals surface area contributed by atoms with Crippen molar-refractivity contribution < 1.29 is 27.5 Å². The van der Waals surface area contributed by atoms with E-state index in [4.69, 9.17) is 9.47 Å². The fraction of sp³-hybridized carbons (Fsp3) is 0.344. The summed E-state index contributed by atoms with van der Waals surface area (Å²) in [7, 11) is -1.94. The molecule has 5 rings (SSSR count). The number of aromatic nitrogens is 2. The molecule has 0 radical (unpaired) electrons. The van der Waals surface area contributed by atoms with Crippen LogP contribution < -0.4 is 9.46 Å². The molecule has 2 aromatic carbocycles. The van der Waals surface area contributed by atoms with Gasteiger partial charge in [-0.3, -0.25) is 9.52 Å². The summed E-state index contributed by atoms with van der Waals surface area (Å²) in [6.07, 6.45) is 1.03. The lowest BCUT2D eigenvalue weighted by atomic mass is 10.1. The molecule has 1 fully saturated rings. The van der Waals surface area contributed by atoms with Gasteiger partial charge in [0.25, 0.3) is 15.9 Å².